The topological polar surface area (TPSA) is 36.4 Å². The maximum Gasteiger partial charge on any atom is 0.416 e. The molecule has 0 fully saturated rings. The van der Waals surface area contributed by atoms with E-state index in [2.05, 4.69) is 15.0 Å². The maximum absolute atomic E-state index is 12.5. The molecule has 3 nitrogen and oxygen atoms in total. The van der Waals surface area contributed by atoms with Gasteiger partial charge in [-0.25, -0.2) is 0 Å². The first-order chi connectivity index (χ1) is 8.36. The van der Waals surface area contributed by atoms with Crippen molar-refractivity contribution in [3.8, 4) is 0 Å². The molecule has 1 aliphatic rings. The predicted molar refractivity (Wildman–Crippen MR) is 66.6 cm³/mol. The van der Waals surface area contributed by atoms with Crippen LogP contribution in [0.3, 0.4) is 0 Å². The summed E-state index contributed by atoms with van der Waals surface area (Å²) in [6.45, 7) is 3.91. The number of nitrogens with one attached hydrogen (secondary N) is 2. The zero-order chi connectivity index (χ0) is 13.3. The number of anilines is 1. The minimum absolute atomic E-state index is 0.202. The fourth-order valence-corrected chi connectivity index (χ4v) is 2.14. The minimum atomic E-state index is -4.32. The lowest BCUT2D eigenvalue weighted by atomic mass is 10.2. The van der Waals surface area contributed by atoms with Crippen LogP contribution < -0.4 is 10.6 Å². The monoisotopic (exact) mass is 275 g/mol. The van der Waals surface area contributed by atoms with Gasteiger partial charge in [0, 0.05) is 18.0 Å². The number of guanidine groups is 1. The highest BCUT2D eigenvalue weighted by atomic mass is 32.2. The van der Waals surface area contributed by atoms with Crippen LogP contribution in [0.1, 0.15) is 19.4 Å². The summed E-state index contributed by atoms with van der Waals surface area (Å²) < 4.78 is 41.7. The summed E-state index contributed by atoms with van der Waals surface area (Å²) in [6.07, 6.45) is -4.32. The molecular formula is C11H12F3N3S. The molecule has 0 aliphatic carbocycles. The lowest BCUT2D eigenvalue weighted by molar-refractivity contribution is -0.137. The van der Waals surface area contributed by atoms with Crippen LogP contribution >= 0.6 is 11.9 Å². The number of halogens is 3. The van der Waals surface area contributed by atoms with Crippen LogP contribution in [0.4, 0.5) is 18.9 Å². The van der Waals surface area contributed by atoms with Crippen molar-refractivity contribution in [3.63, 3.8) is 0 Å². The molecule has 0 bridgehead atoms. The Hall–Kier alpha value is -1.37. The van der Waals surface area contributed by atoms with Crippen LogP contribution in [0.2, 0.25) is 0 Å². The number of rotatable bonds is 1. The molecule has 0 unspecified atom stereocenters. The van der Waals surface area contributed by atoms with Crippen molar-refractivity contribution in [1.29, 1.82) is 0 Å². The van der Waals surface area contributed by atoms with Gasteiger partial charge in [-0.2, -0.15) is 17.6 Å². The van der Waals surface area contributed by atoms with Crippen LogP contribution in [-0.2, 0) is 6.18 Å². The van der Waals surface area contributed by atoms with E-state index in [0.717, 1.165) is 24.1 Å². The van der Waals surface area contributed by atoms with E-state index in [1.165, 1.54) is 6.07 Å². The van der Waals surface area contributed by atoms with E-state index < -0.39 is 11.7 Å². The highest BCUT2D eigenvalue weighted by molar-refractivity contribution is 7.98. The van der Waals surface area contributed by atoms with E-state index in [9.17, 15) is 13.2 Å². The van der Waals surface area contributed by atoms with Gasteiger partial charge in [0.25, 0.3) is 0 Å². The van der Waals surface area contributed by atoms with Gasteiger partial charge in [0.2, 0.25) is 5.96 Å². The number of benzene rings is 1. The third-order valence-corrected chi connectivity index (χ3v) is 3.03. The molecule has 0 amide bonds. The first-order valence-electron chi connectivity index (χ1n) is 5.36. The largest absolute Gasteiger partial charge is 0.416 e. The summed E-state index contributed by atoms with van der Waals surface area (Å²) >= 11 is 1.03. The summed E-state index contributed by atoms with van der Waals surface area (Å²) in [5.41, 5.74) is -0.0304. The number of fused-ring (bicyclic) bond motifs is 1. The molecule has 2 N–H and O–H groups in total. The maximum atomic E-state index is 12.5. The molecular weight excluding hydrogens is 263 g/mol. The van der Waals surface area contributed by atoms with Crippen LogP contribution in [-0.4, -0.2) is 12.0 Å². The predicted octanol–water partition coefficient (Wildman–Crippen LogP) is 3.49. The van der Waals surface area contributed by atoms with Gasteiger partial charge in [-0.15, -0.1) is 0 Å². The Labute approximate surface area is 107 Å². The number of alkyl halides is 3. The van der Waals surface area contributed by atoms with Crippen molar-refractivity contribution in [2.45, 2.75) is 31.0 Å². The van der Waals surface area contributed by atoms with E-state index in [1.807, 2.05) is 13.8 Å². The Bertz CT molecular complexity index is 483. The molecule has 1 aromatic carbocycles. The Morgan fingerprint density at radius 1 is 1.33 bits per heavy atom. The summed E-state index contributed by atoms with van der Waals surface area (Å²) in [7, 11) is 0. The molecule has 18 heavy (non-hydrogen) atoms. The van der Waals surface area contributed by atoms with E-state index in [-0.39, 0.29) is 6.04 Å². The number of hydrogen-bond acceptors (Lipinski definition) is 4. The van der Waals surface area contributed by atoms with Crippen molar-refractivity contribution >= 4 is 23.6 Å². The van der Waals surface area contributed by atoms with Gasteiger partial charge in [0.05, 0.1) is 16.1 Å². The van der Waals surface area contributed by atoms with E-state index >= 15 is 0 Å². The normalized spacial score (nSPS) is 14.9. The van der Waals surface area contributed by atoms with Gasteiger partial charge in [0.15, 0.2) is 0 Å². The molecule has 1 aliphatic heterocycles. The third-order valence-electron chi connectivity index (χ3n) is 2.22. The quantitative estimate of drug-likeness (QED) is 0.770. The van der Waals surface area contributed by atoms with Crippen molar-refractivity contribution in [2.24, 2.45) is 4.40 Å². The van der Waals surface area contributed by atoms with Crippen LogP contribution in [0.5, 0.6) is 0 Å². The van der Waals surface area contributed by atoms with Crippen molar-refractivity contribution in [3.05, 3.63) is 23.8 Å². The van der Waals surface area contributed by atoms with E-state index in [1.54, 1.807) is 0 Å². The average molecular weight is 275 g/mol. The third kappa shape index (κ3) is 2.90. The fraction of sp³-hybridized carbons (Fsp3) is 0.364. The summed E-state index contributed by atoms with van der Waals surface area (Å²) in [5, 5.41) is 6.02. The number of nitrogens with zero attached hydrogens (tertiary/aromatic N) is 1. The molecule has 0 saturated carbocycles. The molecule has 0 saturated heterocycles. The highest BCUT2D eigenvalue weighted by Gasteiger charge is 2.31. The summed E-state index contributed by atoms with van der Waals surface area (Å²) in [6, 6.07) is 3.78. The zero-order valence-corrected chi connectivity index (χ0v) is 10.6. The van der Waals surface area contributed by atoms with Crippen LogP contribution in [0.25, 0.3) is 0 Å². The summed E-state index contributed by atoms with van der Waals surface area (Å²) in [5.74, 6) is 0.558. The van der Waals surface area contributed by atoms with Gasteiger partial charge < -0.3 is 10.6 Å². The molecule has 0 aromatic heterocycles. The second-order valence-corrected chi connectivity index (χ2v) is 4.97. The Kier molecular flexibility index (Phi) is 3.43. The Morgan fingerprint density at radius 3 is 2.67 bits per heavy atom. The van der Waals surface area contributed by atoms with E-state index in [0.29, 0.717) is 16.5 Å². The molecule has 7 heteroatoms. The van der Waals surface area contributed by atoms with Gasteiger partial charge in [-0.05, 0) is 32.0 Å². The molecule has 0 radical (unpaired) electrons. The first-order valence-corrected chi connectivity index (χ1v) is 6.13. The van der Waals surface area contributed by atoms with Crippen LogP contribution in [0.15, 0.2) is 27.5 Å². The molecule has 98 valence electrons. The molecule has 0 atom stereocenters. The smallest absolute Gasteiger partial charge is 0.353 e. The molecule has 0 spiro atoms. The number of hydrogen-bond donors (Lipinski definition) is 2. The Morgan fingerprint density at radius 2 is 2.06 bits per heavy atom. The second-order valence-electron chi connectivity index (χ2n) is 4.16. The second kappa shape index (κ2) is 4.72. The van der Waals surface area contributed by atoms with Crippen molar-refractivity contribution in [2.75, 3.05) is 5.32 Å². The first kappa shape index (κ1) is 13.1. The molecule has 2 rings (SSSR count). The average Bonchev–Trinajstić information content (AvgIpc) is 2.26. The standard InChI is InChI=1S/C11H12F3N3S/c1-6(2)15-10-16-8-4-3-7(11(12,13)14)5-9(8)18-17-10/h3-6H,1-2H3,(H2,15,16,17). The van der Waals surface area contributed by atoms with Gasteiger partial charge in [-0.3, -0.25) is 0 Å². The molecule has 1 aromatic rings. The van der Waals surface area contributed by atoms with Gasteiger partial charge in [0.1, 0.15) is 0 Å². The Balaban J connectivity index is 2.21. The van der Waals surface area contributed by atoms with Gasteiger partial charge >= 0.3 is 6.18 Å². The summed E-state index contributed by atoms with van der Waals surface area (Å²) in [4.78, 5) is 0.471. The minimum Gasteiger partial charge on any atom is -0.353 e. The SMILES string of the molecule is CC(C)NC1=NSc2cc(C(F)(F)F)ccc2N1. The zero-order valence-electron chi connectivity index (χ0n) is 9.80. The van der Waals surface area contributed by atoms with Crippen LogP contribution in [0, 0.1) is 0 Å². The van der Waals surface area contributed by atoms with Crippen molar-refractivity contribution < 1.29 is 13.2 Å². The lowest BCUT2D eigenvalue weighted by Gasteiger charge is -2.20. The van der Waals surface area contributed by atoms with Gasteiger partial charge in [-0.1, -0.05) is 0 Å². The highest BCUT2D eigenvalue weighted by Crippen LogP contribution is 2.37. The molecule has 1 heterocycles. The van der Waals surface area contributed by atoms with E-state index in [4.69, 9.17) is 0 Å². The fourth-order valence-electron chi connectivity index (χ4n) is 1.46. The lowest BCUT2D eigenvalue weighted by Crippen LogP contribution is -2.36. The van der Waals surface area contributed by atoms with Crippen molar-refractivity contribution in [1.82, 2.24) is 5.32 Å².